The average molecular weight is 291 g/mol. The van der Waals surface area contributed by atoms with Crippen molar-refractivity contribution in [2.45, 2.75) is 44.2 Å². The topological polar surface area (TPSA) is 0 Å². The zero-order valence-corrected chi connectivity index (χ0v) is 11.6. The smallest absolute Gasteiger partial charge is 0.166 e. The molecule has 0 heterocycles. The summed E-state index contributed by atoms with van der Waals surface area (Å²) >= 11 is 6.31. The van der Waals surface area contributed by atoms with Crippen LogP contribution >= 0.6 is 11.6 Å². The number of alkyl halides is 4. The van der Waals surface area contributed by atoms with E-state index < -0.39 is 11.7 Å². The van der Waals surface area contributed by atoms with Crippen LogP contribution in [0.2, 0.25) is 0 Å². The van der Waals surface area contributed by atoms with E-state index in [1.807, 2.05) is 0 Å². The highest BCUT2D eigenvalue weighted by Crippen LogP contribution is 2.35. The molecule has 4 heteroatoms. The maximum Gasteiger partial charge on any atom is 0.416 e. The second-order valence-electron chi connectivity index (χ2n) is 5.60. The minimum absolute atomic E-state index is 0.0887. The van der Waals surface area contributed by atoms with Gasteiger partial charge in [-0.15, -0.1) is 11.6 Å². The van der Waals surface area contributed by atoms with Crippen molar-refractivity contribution < 1.29 is 13.2 Å². The molecule has 0 nitrogen and oxygen atoms in total. The molecule has 0 saturated heterocycles. The first-order valence-electron chi connectivity index (χ1n) is 6.66. The third-order valence-corrected chi connectivity index (χ3v) is 4.48. The fourth-order valence-corrected chi connectivity index (χ4v) is 3.17. The molecule has 2 rings (SSSR count). The van der Waals surface area contributed by atoms with Crippen molar-refractivity contribution in [2.75, 3.05) is 0 Å². The summed E-state index contributed by atoms with van der Waals surface area (Å²) in [5.74, 6) is 0.902. The van der Waals surface area contributed by atoms with Gasteiger partial charge in [0.1, 0.15) is 0 Å². The number of hydrogen-bond donors (Lipinski definition) is 0. The Morgan fingerprint density at radius 2 is 2.00 bits per heavy atom. The zero-order chi connectivity index (χ0) is 14.0. The highest BCUT2D eigenvalue weighted by Gasteiger charge is 2.31. The molecule has 0 aliphatic heterocycles. The quantitative estimate of drug-likeness (QED) is 0.649. The zero-order valence-electron chi connectivity index (χ0n) is 10.9. The van der Waals surface area contributed by atoms with Gasteiger partial charge in [-0.2, -0.15) is 13.2 Å². The molecule has 1 aromatic rings. The summed E-state index contributed by atoms with van der Waals surface area (Å²) in [5, 5.41) is 0.0887. The van der Waals surface area contributed by atoms with Gasteiger partial charge in [0.2, 0.25) is 0 Å². The SMILES string of the molecule is CC1CCC(Cl)C(Cc2cccc(C(F)(F)F)c2)C1. The summed E-state index contributed by atoms with van der Waals surface area (Å²) in [5.41, 5.74) is 0.166. The molecule has 1 aliphatic carbocycles. The van der Waals surface area contributed by atoms with E-state index in [-0.39, 0.29) is 11.3 Å². The standard InChI is InChI=1S/C15H18ClF3/c1-10-5-6-14(16)12(7-10)8-11-3-2-4-13(9-11)15(17,18)19/h2-4,9-10,12,14H,5-8H2,1H3. The highest BCUT2D eigenvalue weighted by molar-refractivity contribution is 6.20. The Bertz CT molecular complexity index is 428. The minimum atomic E-state index is -4.27. The lowest BCUT2D eigenvalue weighted by Gasteiger charge is -2.31. The lowest BCUT2D eigenvalue weighted by Crippen LogP contribution is -2.26. The van der Waals surface area contributed by atoms with Crippen LogP contribution in [0.3, 0.4) is 0 Å². The molecule has 3 atom stereocenters. The second-order valence-corrected chi connectivity index (χ2v) is 6.16. The Morgan fingerprint density at radius 1 is 1.26 bits per heavy atom. The third-order valence-electron chi connectivity index (χ3n) is 3.90. The van der Waals surface area contributed by atoms with Crippen LogP contribution in [0.15, 0.2) is 24.3 Å². The van der Waals surface area contributed by atoms with E-state index in [1.165, 1.54) is 12.1 Å². The van der Waals surface area contributed by atoms with Crippen molar-refractivity contribution >= 4 is 11.6 Å². The maximum atomic E-state index is 12.7. The summed E-state index contributed by atoms with van der Waals surface area (Å²) in [4.78, 5) is 0. The van der Waals surface area contributed by atoms with Crippen molar-refractivity contribution in [3.8, 4) is 0 Å². The van der Waals surface area contributed by atoms with Gasteiger partial charge in [-0.05, 0) is 49.1 Å². The molecule has 0 radical (unpaired) electrons. The van der Waals surface area contributed by atoms with Gasteiger partial charge < -0.3 is 0 Å². The molecule has 0 amide bonds. The van der Waals surface area contributed by atoms with Crippen LogP contribution in [0.5, 0.6) is 0 Å². The van der Waals surface area contributed by atoms with Crippen molar-refractivity contribution in [3.05, 3.63) is 35.4 Å². The Kier molecular flexibility index (Phi) is 4.44. The van der Waals surface area contributed by atoms with Crippen molar-refractivity contribution in [1.29, 1.82) is 0 Å². The Morgan fingerprint density at radius 3 is 2.68 bits per heavy atom. The fraction of sp³-hybridized carbons (Fsp3) is 0.600. The van der Waals surface area contributed by atoms with Crippen LogP contribution in [-0.4, -0.2) is 5.38 Å². The lowest BCUT2D eigenvalue weighted by molar-refractivity contribution is -0.137. The summed E-state index contributed by atoms with van der Waals surface area (Å²) in [6.07, 6.45) is -0.539. The van der Waals surface area contributed by atoms with Gasteiger partial charge in [-0.1, -0.05) is 25.1 Å². The van der Waals surface area contributed by atoms with E-state index >= 15 is 0 Å². The average Bonchev–Trinajstić information content (AvgIpc) is 2.33. The molecule has 1 fully saturated rings. The predicted molar refractivity (Wildman–Crippen MR) is 71.3 cm³/mol. The first-order chi connectivity index (χ1) is 8.86. The minimum Gasteiger partial charge on any atom is -0.166 e. The molecule has 0 bridgehead atoms. The van der Waals surface area contributed by atoms with Gasteiger partial charge >= 0.3 is 6.18 Å². The lowest BCUT2D eigenvalue weighted by atomic mass is 9.79. The van der Waals surface area contributed by atoms with Gasteiger partial charge in [0.15, 0.2) is 0 Å². The van der Waals surface area contributed by atoms with Crippen molar-refractivity contribution in [3.63, 3.8) is 0 Å². The first kappa shape index (κ1) is 14.7. The Labute approximate surface area is 117 Å². The molecule has 3 unspecified atom stereocenters. The summed E-state index contributed by atoms with van der Waals surface area (Å²) < 4.78 is 38.0. The molecule has 0 aromatic heterocycles. The highest BCUT2D eigenvalue weighted by atomic mass is 35.5. The number of hydrogen-bond acceptors (Lipinski definition) is 0. The maximum absolute atomic E-state index is 12.7. The number of halogens is 4. The van der Waals surface area contributed by atoms with Crippen molar-refractivity contribution in [1.82, 2.24) is 0 Å². The molecular formula is C15H18ClF3. The largest absolute Gasteiger partial charge is 0.416 e. The Balaban J connectivity index is 2.10. The van der Waals surface area contributed by atoms with Crippen molar-refractivity contribution in [2.24, 2.45) is 11.8 Å². The number of benzene rings is 1. The normalized spacial score (nSPS) is 28.4. The molecule has 0 N–H and O–H groups in total. The Hall–Kier alpha value is -0.700. The van der Waals surface area contributed by atoms with Crippen LogP contribution in [0, 0.1) is 11.8 Å². The van der Waals surface area contributed by atoms with Gasteiger partial charge in [0, 0.05) is 5.38 Å². The number of rotatable bonds is 2. The van der Waals surface area contributed by atoms with Crippen LogP contribution < -0.4 is 0 Å². The molecule has 1 aliphatic rings. The molecule has 1 aromatic carbocycles. The van der Waals surface area contributed by atoms with E-state index in [0.29, 0.717) is 12.3 Å². The van der Waals surface area contributed by atoms with E-state index in [9.17, 15) is 13.2 Å². The monoisotopic (exact) mass is 290 g/mol. The summed E-state index contributed by atoms with van der Waals surface area (Å²) in [7, 11) is 0. The van der Waals surface area contributed by atoms with Gasteiger partial charge in [-0.25, -0.2) is 0 Å². The van der Waals surface area contributed by atoms with E-state index in [4.69, 9.17) is 11.6 Å². The van der Waals surface area contributed by atoms with E-state index in [2.05, 4.69) is 6.92 Å². The molecule has 19 heavy (non-hydrogen) atoms. The van der Waals surface area contributed by atoms with Gasteiger partial charge in [0.05, 0.1) is 5.56 Å². The van der Waals surface area contributed by atoms with E-state index in [1.54, 1.807) is 6.07 Å². The second kappa shape index (κ2) is 5.74. The molecule has 0 spiro atoms. The first-order valence-corrected chi connectivity index (χ1v) is 7.10. The molecular weight excluding hydrogens is 273 g/mol. The van der Waals surface area contributed by atoms with Crippen LogP contribution in [0.4, 0.5) is 13.2 Å². The third kappa shape index (κ3) is 3.88. The van der Waals surface area contributed by atoms with Gasteiger partial charge in [0.25, 0.3) is 0 Å². The predicted octanol–water partition coefficient (Wildman–Crippen LogP) is 5.29. The van der Waals surface area contributed by atoms with Crippen LogP contribution in [-0.2, 0) is 12.6 Å². The van der Waals surface area contributed by atoms with Gasteiger partial charge in [-0.3, -0.25) is 0 Å². The summed E-state index contributed by atoms with van der Waals surface area (Å²) in [6, 6.07) is 5.61. The molecule has 106 valence electrons. The fourth-order valence-electron chi connectivity index (χ4n) is 2.85. The van der Waals surface area contributed by atoms with E-state index in [0.717, 1.165) is 30.9 Å². The summed E-state index contributed by atoms with van der Waals surface area (Å²) in [6.45, 7) is 2.18. The van der Waals surface area contributed by atoms with Crippen LogP contribution in [0.25, 0.3) is 0 Å². The molecule has 1 saturated carbocycles. The van der Waals surface area contributed by atoms with Crippen LogP contribution in [0.1, 0.15) is 37.3 Å².